The summed E-state index contributed by atoms with van der Waals surface area (Å²) < 4.78 is 0.646. The van der Waals surface area contributed by atoms with E-state index in [1.54, 1.807) is 6.20 Å². The molecule has 0 aromatic carbocycles. The molecule has 0 spiro atoms. The fourth-order valence-corrected chi connectivity index (χ4v) is 2.19. The van der Waals surface area contributed by atoms with Gasteiger partial charge in [0.05, 0.1) is 11.4 Å². The molecule has 0 saturated carbocycles. The van der Waals surface area contributed by atoms with E-state index in [1.807, 2.05) is 18.2 Å². The van der Waals surface area contributed by atoms with Crippen LogP contribution in [-0.4, -0.2) is 9.97 Å². The molecule has 72 valence electrons. The van der Waals surface area contributed by atoms with Gasteiger partial charge < -0.3 is 5.73 Å². The van der Waals surface area contributed by atoms with E-state index in [1.165, 1.54) is 11.3 Å². The molecule has 0 atom stereocenters. The molecule has 0 aliphatic carbocycles. The van der Waals surface area contributed by atoms with Crippen molar-refractivity contribution < 1.29 is 0 Å². The highest BCUT2D eigenvalue weighted by Crippen LogP contribution is 2.30. The van der Waals surface area contributed by atoms with Crippen LogP contribution in [0.15, 0.2) is 24.4 Å². The molecular weight excluding hydrogens is 218 g/mol. The summed E-state index contributed by atoms with van der Waals surface area (Å²) in [6, 6.07) is 5.68. The van der Waals surface area contributed by atoms with Gasteiger partial charge in [-0.15, -0.1) is 0 Å². The van der Waals surface area contributed by atoms with E-state index < -0.39 is 0 Å². The van der Waals surface area contributed by atoms with Crippen molar-refractivity contribution in [3.63, 3.8) is 0 Å². The summed E-state index contributed by atoms with van der Waals surface area (Å²) in [7, 11) is 0. The lowest BCUT2D eigenvalue weighted by Gasteiger charge is -1.91. The Morgan fingerprint density at radius 1 is 1.43 bits per heavy atom. The van der Waals surface area contributed by atoms with Crippen LogP contribution in [0.1, 0.15) is 5.69 Å². The van der Waals surface area contributed by atoms with Crippen molar-refractivity contribution in [2.75, 3.05) is 0 Å². The van der Waals surface area contributed by atoms with Crippen LogP contribution in [0.2, 0.25) is 4.34 Å². The molecule has 0 aliphatic rings. The Hall–Kier alpha value is -0.970. The molecule has 0 amide bonds. The Kier molecular flexibility index (Phi) is 2.77. The molecular formula is C9H8ClN3S. The number of hydrogen-bond donors (Lipinski definition) is 1. The van der Waals surface area contributed by atoms with Gasteiger partial charge in [0, 0.05) is 12.7 Å². The number of aromatic nitrogens is 2. The lowest BCUT2D eigenvalue weighted by atomic mass is 10.4. The third-order valence-electron chi connectivity index (χ3n) is 1.73. The number of hydrogen-bond acceptors (Lipinski definition) is 4. The highest BCUT2D eigenvalue weighted by molar-refractivity contribution is 7.19. The molecule has 0 radical (unpaired) electrons. The number of nitrogens with zero attached hydrogens (tertiary/aromatic N) is 2. The fraction of sp³-hybridized carbons (Fsp3) is 0.111. The van der Waals surface area contributed by atoms with Crippen molar-refractivity contribution in [1.82, 2.24) is 9.97 Å². The van der Waals surface area contributed by atoms with E-state index in [0.717, 1.165) is 16.4 Å². The number of halogens is 1. The van der Waals surface area contributed by atoms with Crippen LogP contribution in [0.4, 0.5) is 0 Å². The van der Waals surface area contributed by atoms with Gasteiger partial charge in [-0.25, -0.2) is 4.98 Å². The number of thiazole rings is 1. The Labute approximate surface area is 90.6 Å². The number of rotatable bonds is 2. The molecule has 0 aliphatic heterocycles. The van der Waals surface area contributed by atoms with Crippen LogP contribution >= 0.6 is 22.9 Å². The first-order valence-corrected chi connectivity index (χ1v) is 5.27. The van der Waals surface area contributed by atoms with E-state index in [-0.39, 0.29) is 0 Å². The summed E-state index contributed by atoms with van der Waals surface area (Å²) in [4.78, 5) is 8.48. The van der Waals surface area contributed by atoms with E-state index in [0.29, 0.717) is 10.9 Å². The molecule has 3 nitrogen and oxygen atoms in total. The first kappa shape index (κ1) is 9.58. The van der Waals surface area contributed by atoms with Crippen molar-refractivity contribution in [2.45, 2.75) is 6.54 Å². The summed E-state index contributed by atoms with van der Waals surface area (Å²) in [5.74, 6) is 0. The van der Waals surface area contributed by atoms with Gasteiger partial charge in [0.25, 0.3) is 0 Å². The second-order valence-electron chi connectivity index (χ2n) is 2.66. The molecule has 14 heavy (non-hydrogen) atoms. The van der Waals surface area contributed by atoms with Gasteiger partial charge >= 0.3 is 0 Å². The van der Waals surface area contributed by atoms with Gasteiger partial charge in [0.15, 0.2) is 0 Å². The second-order valence-corrected chi connectivity index (χ2v) is 4.26. The molecule has 0 fully saturated rings. The summed E-state index contributed by atoms with van der Waals surface area (Å²) in [6.07, 6.45) is 1.73. The first-order valence-electron chi connectivity index (χ1n) is 4.08. The highest BCUT2D eigenvalue weighted by atomic mass is 35.5. The van der Waals surface area contributed by atoms with Crippen molar-refractivity contribution in [3.05, 3.63) is 34.4 Å². The van der Waals surface area contributed by atoms with Crippen molar-refractivity contribution in [1.29, 1.82) is 0 Å². The third-order valence-corrected chi connectivity index (χ3v) is 3.09. The minimum Gasteiger partial charge on any atom is -0.325 e. The van der Waals surface area contributed by atoms with Crippen LogP contribution in [0.25, 0.3) is 10.7 Å². The Balaban J connectivity index is 2.43. The van der Waals surface area contributed by atoms with Crippen LogP contribution in [0.3, 0.4) is 0 Å². The summed E-state index contributed by atoms with van der Waals surface area (Å²) in [5, 5.41) is 0.816. The molecule has 5 heteroatoms. The van der Waals surface area contributed by atoms with Gasteiger partial charge in [0.1, 0.15) is 9.34 Å². The molecule has 0 saturated heterocycles. The van der Waals surface area contributed by atoms with Gasteiger partial charge in [-0.2, -0.15) is 0 Å². The number of pyridine rings is 1. The summed E-state index contributed by atoms with van der Waals surface area (Å²) in [5.41, 5.74) is 7.05. The quantitative estimate of drug-likeness (QED) is 0.854. The van der Waals surface area contributed by atoms with Crippen LogP contribution in [0, 0.1) is 0 Å². The number of nitrogens with two attached hydrogens (primary N) is 1. The summed E-state index contributed by atoms with van der Waals surface area (Å²) >= 11 is 7.35. The van der Waals surface area contributed by atoms with E-state index in [9.17, 15) is 0 Å². The van der Waals surface area contributed by atoms with Gasteiger partial charge in [0.2, 0.25) is 0 Å². The van der Waals surface area contributed by atoms with Gasteiger partial charge in [-0.1, -0.05) is 29.0 Å². The maximum atomic E-state index is 5.94. The summed E-state index contributed by atoms with van der Waals surface area (Å²) in [6.45, 7) is 0.363. The van der Waals surface area contributed by atoms with E-state index in [4.69, 9.17) is 17.3 Å². The molecule has 2 N–H and O–H groups in total. The van der Waals surface area contributed by atoms with Crippen LogP contribution in [-0.2, 0) is 6.54 Å². The molecule has 2 heterocycles. The maximum Gasteiger partial charge on any atom is 0.143 e. The Bertz CT molecular complexity index is 427. The van der Waals surface area contributed by atoms with Gasteiger partial charge in [-0.3, -0.25) is 4.98 Å². The van der Waals surface area contributed by atoms with Crippen molar-refractivity contribution in [3.8, 4) is 10.7 Å². The second kappa shape index (κ2) is 4.04. The monoisotopic (exact) mass is 225 g/mol. The predicted molar refractivity (Wildman–Crippen MR) is 58.2 cm³/mol. The highest BCUT2D eigenvalue weighted by Gasteiger charge is 2.09. The van der Waals surface area contributed by atoms with Crippen molar-refractivity contribution in [2.24, 2.45) is 5.73 Å². The smallest absolute Gasteiger partial charge is 0.143 e. The Morgan fingerprint density at radius 3 is 2.86 bits per heavy atom. The largest absolute Gasteiger partial charge is 0.325 e. The maximum absolute atomic E-state index is 5.94. The van der Waals surface area contributed by atoms with Gasteiger partial charge in [-0.05, 0) is 12.1 Å². The topological polar surface area (TPSA) is 51.8 Å². The lowest BCUT2D eigenvalue weighted by molar-refractivity contribution is 1.01. The molecule has 2 aromatic rings. The molecule has 2 aromatic heterocycles. The standard InChI is InChI=1S/C9H8ClN3S/c10-8-7(5-11)13-9(14-8)6-3-1-2-4-12-6/h1-4H,5,11H2. The zero-order valence-corrected chi connectivity index (χ0v) is 8.85. The van der Waals surface area contributed by atoms with E-state index in [2.05, 4.69) is 9.97 Å². The molecule has 2 rings (SSSR count). The molecule has 0 unspecified atom stereocenters. The van der Waals surface area contributed by atoms with Crippen molar-refractivity contribution >= 4 is 22.9 Å². The third kappa shape index (κ3) is 1.77. The average molecular weight is 226 g/mol. The predicted octanol–water partition coefficient (Wildman–Crippen LogP) is 2.32. The minimum absolute atomic E-state index is 0.363. The minimum atomic E-state index is 0.363. The Morgan fingerprint density at radius 2 is 2.29 bits per heavy atom. The van der Waals surface area contributed by atoms with E-state index >= 15 is 0 Å². The van der Waals surface area contributed by atoms with Crippen LogP contribution < -0.4 is 5.73 Å². The zero-order valence-electron chi connectivity index (χ0n) is 7.27. The lowest BCUT2D eigenvalue weighted by Crippen LogP contribution is -1.96. The normalized spacial score (nSPS) is 10.4. The fourth-order valence-electron chi connectivity index (χ4n) is 1.06. The van der Waals surface area contributed by atoms with Crippen LogP contribution in [0.5, 0.6) is 0 Å². The first-order chi connectivity index (χ1) is 6.81. The average Bonchev–Trinajstić information content (AvgIpc) is 2.61. The SMILES string of the molecule is NCc1nc(-c2ccccn2)sc1Cl. The zero-order chi connectivity index (χ0) is 9.97. The molecule has 0 bridgehead atoms.